The van der Waals surface area contributed by atoms with E-state index in [0.717, 1.165) is 0 Å². The highest BCUT2D eigenvalue weighted by atomic mass is 79.9. The van der Waals surface area contributed by atoms with Gasteiger partial charge in [-0.25, -0.2) is 4.39 Å². The summed E-state index contributed by atoms with van der Waals surface area (Å²) in [4.78, 5) is 13.6. The highest BCUT2D eigenvalue weighted by Crippen LogP contribution is 2.24. The van der Waals surface area contributed by atoms with Gasteiger partial charge in [0.25, 0.3) is 5.91 Å². The van der Waals surface area contributed by atoms with E-state index < -0.39 is 11.9 Å². The number of nitrogens with zero attached hydrogens (tertiary/aromatic N) is 1. The first-order valence-corrected chi connectivity index (χ1v) is 6.23. The van der Waals surface area contributed by atoms with E-state index in [9.17, 15) is 14.3 Å². The number of hydrogen-bond donors (Lipinski definition) is 1. The van der Waals surface area contributed by atoms with Crippen LogP contribution in [0.2, 0.25) is 0 Å². The Hall–Kier alpha value is -0.940. The third-order valence-electron chi connectivity index (χ3n) is 3.00. The van der Waals surface area contributed by atoms with Crippen molar-refractivity contribution in [1.29, 1.82) is 0 Å². The third kappa shape index (κ3) is 2.35. The van der Waals surface area contributed by atoms with Crippen molar-refractivity contribution in [1.82, 2.24) is 4.90 Å². The molecule has 1 aromatic rings. The van der Waals surface area contributed by atoms with Gasteiger partial charge in [-0.15, -0.1) is 0 Å². The highest BCUT2D eigenvalue weighted by Gasteiger charge is 2.32. The molecule has 0 aliphatic carbocycles. The van der Waals surface area contributed by atoms with Crippen molar-refractivity contribution in [3.05, 3.63) is 34.1 Å². The lowest BCUT2D eigenvalue weighted by Gasteiger charge is -2.21. The van der Waals surface area contributed by atoms with Gasteiger partial charge < -0.3 is 10.0 Å². The van der Waals surface area contributed by atoms with Gasteiger partial charge >= 0.3 is 0 Å². The van der Waals surface area contributed by atoms with Crippen molar-refractivity contribution in [3.8, 4) is 0 Å². The van der Waals surface area contributed by atoms with Crippen LogP contribution in [-0.4, -0.2) is 34.6 Å². The van der Waals surface area contributed by atoms with E-state index >= 15 is 0 Å². The normalized spacial score (nSPS) is 24.1. The average molecular weight is 302 g/mol. The number of aliphatic hydroxyl groups is 1. The molecule has 5 heteroatoms. The lowest BCUT2D eigenvalue weighted by Crippen LogP contribution is -2.35. The smallest absolute Gasteiger partial charge is 0.257 e. The van der Waals surface area contributed by atoms with Gasteiger partial charge in [0.1, 0.15) is 5.82 Å². The number of rotatable bonds is 1. The number of aliphatic hydroxyl groups excluding tert-OH is 1. The first-order valence-electron chi connectivity index (χ1n) is 5.43. The van der Waals surface area contributed by atoms with Gasteiger partial charge in [-0.2, -0.15) is 0 Å². The number of halogens is 2. The summed E-state index contributed by atoms with van der Waals surface area (Å²) in [6, 6.07) is 4.57. The minimum atomic E-state index is -0.550. The molecule has 0 bridgehead atoms. The Morgan fingerprint density at radius 2 is 2.29 bits per heavy atom. The van der Waals surface area contributed by atoms with E-state index in [0.29, 0.717) is 6.42 Å². The van der Waals surface area contributed by atoms with E-state index in [1.165, 1.54) is 11.0 Å². The Kier molecular flexibility index (Phi) is 3.49. The van der Waals surface area contributed by atoms with Gasteiger partial charge in [0, 0.05) is 12.6 Å². The number of β-amino-alcohol motifs (C(OH)–C–C–N with tert-alkyl or cyclic N) is 1. The first kappa shape index (κ1) is 12.5. The van der Waals surface area contributed by atoms with Gasteiger partial charge in [0.05, 0.1) is 16.1 Å². The summed E-state index contributed by atoms with van der Waals surface area (Å²) < 4.78 is 14.0. The van der Waals surface area contributed by atoms with E-state index in [4.69, 9.17) is 0 Å². The molecular formula is C12H13BrFNO2. The van der Waals surface area contributed by atoms with Crippen molar-refractivity contribution < 1.29 is 14.3 Å². The van der Waals surface area contributed by atoms with Crippen LogP contribution in [0.5, 0.6) is 0 Å². The minimum Gasteiger partial charge on any atom is -0.391 e. The SMILES string of the molecule is C[C@@H]1C[C@H](O)CN1C(=O)c1cccc(Br)c1F. The third-order valence-corrected chi connectivity index (χ3v) is 3.61. The van der Waals surface area contributed by atoms with Crippen LogP contribution in [0.25, 0.3) is 0 Å². The molecule has 17 heavy (non-hydrogen) atoms. The van der Waals surface area contributed by atoms with E-state index in [2.05, 4.69) is 15.9 Å². The van der Waals surface area contributed by atoms with Crippen molar-refractivity contribution in [2.24, 2.45) is 0 Å². The Morgan fingerprint density at radius 1 is 1.59 bits per heavy atom. The standard InChI is InChI=1S/C12H13BrFNO2/c1-7-5-8(16)6-15(7)12(17)9-3-2-4-10(13)11(9)14/h2-4,7-8,16H,5-6H2,1H3/t7-,8+/m1/s1. The number of carbonyl (C=O) groups excluding carboxylic acids is 1. The summed E-state index contributed by atoms with van der Waals surface area (Å²) >= 11 is 3.05. The van der Waals surface area contributed by atoms with E-state index in [-0.39, 0.29) is 28.5 Å². The zero-order valence-corrected chi connectivity index (χ0v) is 10.9. The molecule has 0 aromatic heterocycles. The molecule has 1 aromatic carbocycles. The van der Waals surface area contributed by atoms with Crippen molar-refractivity contribution in [2.75, 3.05) is 6.54 Å². The van der Waals surface area contributed by atoms with Gasteiger partial charge in [-0.3, -0.25) is 4.79 Å². The fourth-order valence-electron chi connectivity index (χ4n) is 2.11. The van der Waals surface area contributed by atoms with Gasteiger partial charge in [0.2, 0.25) is 0 Å². The summed E-state index contributed by atoms with van der Waals surface area (Å²) in [6.07, 6.45) is 0.0330. The lowest BCUT2D eigenvalue weighted by atomic mass is 10.1. The molecule has 1 aliphatic rings. The van der Waals surface area contributed by atoms with Crippen LogP contribution in [0.1, 0.15) is 23.7 Å². The number of amides is 1. The number of benzene rings is 1. The van der Waals surface area contributed by atoms with Crippen LogP contribution >= 0.6 is 15.9 Å². The Bertz CT molecular complexity index is 452. The Morgan fingerprint density at radius 3 is 2.88 bits per heavy atom. The molecule has 2 rings (SSSR count). The van der Waals surface area contributed by atoms with Crippen LogP contribution in [0.4, 0.5) is 4.39 Å². The summed E-state index contributed by atoms with van der Waals surface area (Å²) in [7, 11) is 0. The molecule has 1 N–H and O–H groups in total. The molecule has 3 nitrogen and oxygen atoms in total. The molecule has 1 amide bonds. The van der Waals surface area contributed by atoms with Crippen LogP contribution < -0.4 is 0 Å². The predicted octanol–water partition coefficient (Wildman–Crippen LogP) is 2.18. The van der Waals surface area contributed by atoms with Crippen molar-refractivity contribution in [2.45, 2.75) is 25.5 Å². The molecule has 1 aliphatic heterocycles. The molecule has 0 spiro atoms. The van der Waals surface area contributed by atoms with Gasteiger partial charge in [-0.05, 0) is 41.4 Å². The number of carbonyl (C=O) groups is 1. The average Bonchev–Trinajstić information content (AvgIpc) is 2.61. The van der Waals surface area contributed by atoms with Gasteiger partial charge in [0.15, 0.2) is 0 Å². The minimum absolute atomic E-state index is 0.0420. The predicted molar refractivity (Wildman–Crippen MR) is 65.2 cm³/mol. The zero-order valence-electron chi connectivity index (χ0n) is 9.36. The maximum atomic E-state index is 13.8. The molecule has 0 unspecified atom stereocenters. The van der Waals surface area contributed by atoms with Gasteiger partial charge in [-0.1, -0.05) is 6.07 Å². The van der Waals surface area contributed by atoms with Crippen LogP contribution in [-0.2, 0) is 0 Å². The lowest BCUT2D eigenvalue weighted by molar-refractivity contribution is 0.0721. The summed E-state index contributed by atoms with van der Waals surface area (Å²) in [5.74, 6) is -0.918. The summed E-state index contributed by atoms with van der Waals surface area (Å²) in [5, 5.41) is 9.49. The Labute approximate surface area is 107 Å². The van der Waals surface area contributed by atoms with Crippen molar-refractivity contribution in [3.63, 3.8) is 0 Å². The van der Waals surface area contributed by atoms with Crippen LogP contribution in [0.15, 0.2) is 22.7 Å². The summed E-state index contributed by atoms with van der Waals surface area (Å²) in [6.45, 7) is 2.12. The molecule has 0 saturated carbocycles. The van der Waals surface area contributed by atoms with Crippen LogP contribution in [0.3, 0.4) is 0 Å². The van der Waals surface area contributed by atoms with Crippen LogP contribution in [0, 0.1) is 5.82 Å². The number of hydrogen-bond acceptors (Lipinski definition) is 2. The fraction of sp³-hybridized carbons (Fsp3) is 0.417. The first-order chi connectivity index (χ1) is 8.00. The second-order valence-electron chi connectivity index (χ2n) is 4.30. The van der Waals surface area contributed by atoms with Crippen molar-refractivity contribution >= 4 is 21.8 Å². The fourth-order valence-corrected chi connectivity index (χ4v) is 2.48. The monoisotopic (exact) mass is 301 g/mol. The van der Waals surface area contributed by atoms with E-state index in [1.807, 2.05) is 6.92 Å². The molecule has 2 atom stereocenters. The largest absolute Gasteiger partial charge is 0.391 e. The molecule has 1 fully saturated rings. The second kappa shape index (κ2) is 4.74. The quantitative estimate of drug-likeness (QED) is 0.864. The molecular weight excluding hydrogens is 289 g/mol. The second-order valence-corrected chi connectivity index (χ2v) is 5.15. The summed E-state index contributed by atoms with van der Waals surface area (Å²) in [5.41, 5.74) is 0.0420. The maximum absolute atomic E-state index is 13.8. The van der Waals surface area contributed by atoms with E-state index in [1.54, 1.807) is 12.1 Å². The molecule has 92 valence electrons. The number of likely N-dealkylation sites (tertiary alicyclic amines) is 1. The molecule has 0 radical (unpaired) electrons. The maximum Gasteiger partial charge on any atom is 0.257 e. The molecule has 1 saturated heterocycles. The highest BCUT2D eigenvalue weighted by molar-refractivity contribution is 9.10. The zero-order chi connectivity index (χ0) is 12.6. The molecule has 1 heterocycles. The topological polar surface area (TPSA) is 40.5 Å². The Balaban J connectivity index is 2.29.